The van der Waals surface area contributed by atoms with Crippen molar-refractivity contribution < 1.29 is 28.7 Å². The molecule has 0 unspecified atom stereocenters. The van der Waals surface area contributed by atoms with Gasteiger partial charge in [-0.15, -0.1) is 0 Å². The van der Waals surface area contributed by atoms with Gasteiger partial charge in [0.05, 0.1) is 12.3 Å². The van der Waals surface area contributed by atoms with Gasteiger partial charge in [-0.3, -0.25) is 14.0 Å². The quantitative estimate of drug-likeness (QED) is 0.503. The van der Waals surface area contributed by atoms with E-state index in [4.69, 9.17) is 0 Å². The predicted molar refractivity (Wildman–Crippen MR) is 96.5 cm³/mol. The highest BCUT2D eigenvalue weighted by atomic mass is 31.2. The molecule has 0 bridgehead atoms. The van der Waals surface area contributed by atoms with Crippen molar-refractivity contribution in [1.29, 1.82) is 0 Å². The molecule has 0 aliphatic carbocycles. The Morgan fingerprint density at radius 3 is 1.80 bits per heavy atom. The number of rotatable bonds is 8. The van der Waals surface area contributed by atoms with E-state index in [0.717, 1.165) is 24.8 Å². The molecular formula is C16H27NO6P2. The Balaban J connectivity index is 2.12. The van der Waals surface area contributed by atoms with Gasteiger partial charge >= 0.3 is 15.2 Å². The van der Waals surface area contributed by atoms with Gasteiger partial charge < -0.3 is 19.6 Å². The van der Waals surface area contributed by atoms with Gasteiger partial charge in [-0.05, 0) is 31.2 Å². The summed E-state index contributed by atoms with van der Waals surface area (Å²) in [4.78, 5) is 38.9. The lowest BCUT2D eigenvalue weighted by Crippen LogP contribution is -2.46. The first kappa shape index (κ1) is 20.8. The van der Waals surface area contributed by atoms with Gasteiger partial charge in [-0.1, -0.05) is 36.8 Å². The molecule has 0 radical (unpaired) electrons. The van der Waals surface area contributed by atoms with E-state index in [1.807, 2.05) is 30.3 Å². The first-order chi connectivity index (χ1) is 11.6. The maximum Gasteiger partial charge on any atom is 0.325 e. The minimum atomic E-state index is -4.05. The summed E-state index contributed by atoms with van der Waals surface area (Å²) in [6.07, 6.45) is 3.07. The maximum atomic E-state index is 11.3. The Hall–Kier alpha value is -0.520. The third kappa shape index (κ3) is 7.71. The first-order valence-corrected chi connectivity index (χ1v) is 12.1. The van der Waals surface area contributed by atoms with Crippen LogP contribution in [0.4, 0.5) is 0 Å². The summed E-state index contributed by atoms with van der Waals surface area (Å²) in [5, 5.41) is 0. The van der Waals surface area contributed by atoms with Crippen molar-refractivity contribution in [2.24, 2.45) is 0 Å². The van der Waals surface area contributed by atoms with Crippen LogP contribution in [0.15, 0.2) is 30.3 Å². The molecule has 0 saturated carbocycles. The van der Waals surface area contributed by atoms with Crippen LogP contribution in [0.1, 0.15) is 37.7 Å². The van der Waals surface area contributed by atoms with E-state index in [0.29, 0.717) is 19.4 Å². The highest BCUT2D eigenvalue weighted by Crippen LogP contribution is 2.40. The summed E-state index contributed by atoms with van der Waals surface area (Å²) >= 11 is 0. The second kappa shape index (κ2) is 8.92. The Morgan fingerprint density at radius 1 is 0.880 bits per heavy atom. The molecule has 1 aromatic rings. The molecule has 25 heavy (non-hydrogen) atoms. The van der Waals surface area contributed by atoms with Crippen LogP contribution in [0.2, 0.25) is 0 Å². The van der Waals surface area contributed by atoms with Crippen LogP contribution in [0.3, 0.4) is 0 Å². The fourth-order valence-corrected chi connectivity index (χ4v) is 4.79. The number of nitrogens with zero attached hydrogens (tertiary/aromatic N) is 1. The van der Waals surface area contributed by atoms with Crippen LogP contribution < -0.4 is 0 Å². The van der Waals surface area contributed by atoms with Gasteiger partial charge in [0.15, 0.2) is 0 Å². The second-order valence-electron chi connectivity index (χ2n) is 6.75. The van der Waals surface area contributed by atoms with Crippen molar-refractivity contribution in [2.75, 3.05) is 12.3 Å². The molecule has 9 heteroatoms. The minimum Gasteiger partial charge on any atom is -0.324 e. The largest absolute Gasteiger partial charge is 0.325 e. The molecule has 2 rings (SSSR count). The monoisotopic (exact) mass is 391 g/mol. The van der Waals surface area contributed by atoms with Gasteiger partial charge in [0.1, 0.15) is 0 Å². The van der Waals surface area contributed by atoms with Crippen molar-refractivity contribution in [3.05, 3.63) is 35.9 Å². The molecule has 2 atom stereocenters. The van der Waals surface area contributed by atoms with E-state index in [9.17, 15) is 28.7 Å². The Kier molecular flexibility index (Phi) is 7.41. The van der Waals surface area contributed by atoms with Crippen molar-refractivity contribution in [1.82, 2.24) is 4.90 Å². The standard InChI is InChI=1S/C16H27NO6P2/c18-24(19,20)11-9-15-7-4-8-16(10-12-25(21,22)23)17(15)13-14-5-2-1-3-6-14/h1-3,5-6,15-16H,4,7-13H2,(H2,18,19,20)(H2,21,22,23)/t15-,16-/m0/s1. The molecular weight excluding hydrogens is 364 g/mol. The smallest absolute Gasteiger partial charge is 0.324 e. The Labute approximate surface area is 148 Å². The van der Waals surface area contributed by atoms with Gasteiger partial charge in [-0.25, -0.2) is 0 Å². The van der Waals surface area contributed by atoms with Crippen LogP contribution in [-0.4, -0.2) is 48.9 Å². The normalized spacial score (nSPS) is 22.9. The van der Waals surface area contributed by atoms with Crippen LogP contribution in [0.5, 0.6) is 0 Å². The zero-order valence-corrected chi connectivity index (χ0v) is 15.9. The minimum absolute atomic E-state index is 0.0170. The van der Waals surface area contributed by atoms with E-state index in [2.05, 4.69) is 4.90 Å². The van der Waals surface area contributed by atoms with Crippen LogP contribution >= 0.6 is 15.2 Å². The second-order valence-corrected chi connectivity index (χ2v) is 10.3. The molecule has 0 spiro atoms. The zero-order chi connectivity index (χ0) is 18.5. The van der Waals surface area contributed by atoms with E-state index >= 15 is 0 Å². The molecule has 1 fully saturated rings. The third-order valence-corrected chi connectivity index (χ3v) is 6.41. The molecule has 0 amide bonds. The van der Waals surface area contributed by atoms with Crippen LogP contribution in [0.25, 0.3) is 0 Å². The molecule has 1 heterocycles. The lowest BCUT2D eigenvalue weighted by molar-refractivity contribution is 0.0691. The SMILES string of the molecule is O=P(O)(O)CC[C@@H]1CCC[C@@H](CCP(=O)(O)O)N1Cc1ccccc1. The molecule has 1 aromatic carbocycles. The first-order valence-electron chi connectivity index (χ1n) is 8.53. The fourth-order valence-electron chi connectivity index (χ4n) is 3.53. The molecule has 1 aliphatic heterocycles. The summed E-state index contributed by atoms with van der Waals surface area (Å²) in [6, 6.07) is 9.83. The number of hydrogen-bond donors (Lipinski definition) is 4. The lowest BCUT2D eigenvalue weighted by Gasteiger charge is -2.42. The van der Waals surface area contributed by atoms with Gasteiger partial charge in [0, 0.05) is 18.6 Å². The molecule has 7 nitrogen and oxygen atoms in total. The zero-order valence-electron chi connectivity index (χ0n) is 14.1. The fraction of sp³-hybridized carbons (Fsp3) is 0.625. The summed E-state index contributed by atoms with van der Waals surface area (Å²) in [5.41, 5.74) is 1.09. The average molecular weight is 391 g/mol. The van der Waals surface area contributed by atoms with E-state index in [-0.39, 0.29) is 24.4 Å². The van der Waals surface area contributed by atoms with Crippen molar-refractivity contribution in [2.45, 2.75) is 50.7 Å². The van der Waals surface area contributed by atoms with E-state index < -0.39 is 15.2 Å². The highest BCUT2D eigenvalue weighted by molar-refractivity contribution is 7.52. The highest BCUT2D eigenvalue weighted by Gasteiger charge is 2.32. The summed E-state index contributed by atoms with van der Waals surface area (Å²) in [7, 11) is -8.11. The number of piperidine rings is 1. The lowest BCUT2D eigenvalue weighted by atomic mass is 9.92. The predicted octanol–water partition coefficient (Wildman–Crippen LogP) is 2.55. The summed E-state index contributed by atoms with van der Waals surface area (Å²) in [6.45, 7) is 0.624. The van der Waals surface area contributed by atoms with Crippen molar-refractivity contribution >= 4 is 15.2 Å². The van der Waals surface area contributed by atoms with Gasteiger partial charge in [-0.2, -0.15) is 0 Å². The maximum absolute atomic E-state index is 11.3. The number of likely N-dealkylation sites (tertiary alicyclic amines) is 1. The van der Waals surface area contributed by atoms with Crippen LogP contribution in [0, 0.1) is 0 Å². The summed E-state index contributed by atoms with van der Waals surface area (Å²) in [5.74, 6) is 0. The topological polar surface area (TPSA) is 118 Å². The summed E-state index contributed by atoms with van der Waals surface area (Å²) < 4.78 is 22.5. The number of hydrogen-bond acceptors (Lipinski definition) is 3. The van der Waals surface area contributed by atoms with Gasteiger partial charge in [0.2, 0.25) is 0 Å². The van der Waals surface area contributed by atoms with Gasteiger partial charge in [0.25, 0.3) is 0 Å². The third-order valence-electron chi connectivity index (χ3n) is 4.73. The van der Waals surface area contributed by atoms with Crippen molar-refractivity contribution in [3.8, 4) is 0 Å². The van der Waals surface area contributed by atoms with Crippen LogP contribution in [-0.2, 0) is 15.7 Å². The molecule has 142 valence electrons. The number of benzene rings is 1. The van der Waals surface area contributed by atoms with E-state index in [1.54, 1.807) is 0 Å². The Bertz CT molecular complexity index is 595. The van der Waals surface area contributed by atoms with Crippen molar-refractivity contribution in [3.63, 3.8) is 0 Å². The molecule has 1 aliphatic rings. The molecule has 1 saturated heterocycles. The molecule has 4 N–H and O–H groups in total. The molecule has 0 aromatic heterocycles. The Morgan fingerprint density at radius 2 is 1.36 bits per heavy atom. The average Bonchev–Trinajstić information content (AvgIpc) is 2.52. The van der Waals surface area contributed by atoms with E-state index in [1.165, 1.54) is 0 Å².